The van der Waals surface area contributed by atoms with Gasteiger partial charge in [0, 0.05) is 13.2 Å². The van der Waals surface area contributed by atoms with Crippen LogP contribution in [-0.4, -0.2) is 40.3 Å². The molecule has 0 spiro atoms. The van der Waals surface area contributed by atoms with Gasteiger partial charge in [0.1, 0.15) is 0 Å². The molecule has 1 fully saturated rings. The summed E-state index contributed by atoms with van der Waals surface area (Å²) < 4.78 is 12.6. The Morgan fingerprint density at radius 1 is 1.52 bits per heavy atom. The number of ether oxygens (including phenoxy) is 2. The van der Waals surface area contributed by atoms with Crippen LogP contribution in [0.5, 0.6) is 0 Å². The third-order valence-corrected chi connectivity index (χ3v) is 3.64. The van der Waals surface area contributed by atoms with Crippen LogP contribution in [-0.2, 0) is 16.0 Å². The molecule has 21 heavy (non-hydrogen) atoms. The summed E-state index contributed by atoms with van der Waals surface area (Å²) in [7, 11) is 0. The molecule has 0 N–H and O–H groups in total. The molecule has 1 atom stereocenters. The number of carbonyl (C=O) groups is 1. The second-order valence-corrected chi connectivity index (χ2v) is 6.02. The van der Waals surface area contributed by atoms with Crippen LogP contribution in [0, 0.1) is 12.8 Å². The van der Waals surface area contributed by atoms with E-state index in [0.29, 0.717) is 24.3 Å². The second kappa shape index (κ2) is 7.54. The minimum absolute atomic E-state index is 0.315. The Kier molecular flexibility index (Phi) is 5.73. The number of aromatic nitrogens is 3. The zero-order chi connectivity index (χ0) is 15.2. The molecule has 1 aromatic heterocycles. The van der Waals surface area contributed by atoms with Crippen LogP contribution in [0.4, 0.5) is 0 Å². The number of hydrogen-bond donors (Lipinski definition) is 0. The van der Waals surface area contributed by atoms with E-state index in [-0.39, 0.29) is 5.97 Å². The van der Waals surface area contributed by atoms with Crippen molar-refractivity contribution in [1.29, 1.82) is 0 Å². The molecule has 0 aliphatic carbocycles. The van der Waals surface area contributed by atoms with Gasteiger partial charge in [0.05, 0.1) is 18.4 Å². The molecule has 6 nitrogen and oxygen atoms in total. The average Bonchev–Trinajstić information content (AvgIpc) is 3.07. The van der Waals surface area contributed by atoms with Crippen LogP contribution >= 0.6 is 0 Å². The average molecular weight is 295 g/mol. The van der Waals surface area contributed by atoms with Gasteiger partial charge in [0.25, 0.3) is 0 Å². The van der Waals surface area contributed by atoms with Crippen molar-refractivity contribution in [2.75, 3.05) is 13.2 Å². The largest absolute Gasteiger partial charge is 0.461 e. The molecule has 1 aromatic rings. The van der Waals surface area contributed by atoms with Gasteiger partial charge < -0.3 is 9.47 Å². The van der Waals surface area contributed by atoms with Crippen molar-refractivity contribution >= 4 is 5.97 Å². The summed E-state index contributed by atoms with van der Waals surface area (Å²) in [6.07, 6.45) is 4.73. The van der Waals surface area contributed by atoms with E-state index in [1.165, 1.54) is 6.42 Å². The Labute approximate surface area is 125 Å². The van der Waals surface area contributed by atoms with Crippen LogP contribution in [0.25, 0.3) is 0 Å². The Bertz CT molecular complexity index is 465. The van der Waals surface area contributed by atoms with Crippen molar-refractivity contribution < 1.29 is 14.3 Å². The third-order valence-electron chi connectivity index (χ3n) is 3.64. The highest BCUT2D eigenvalue weighted by Gasteiger charge is 2.19. The highest BCUT2D eigenvalue weighted by atomic mass is 16.5. The van der Waals surface area contributed by atoms with Crippen molar-refractivity contribution in [2.45, 2.75) is 59.1 Å². The lowest BCUT2D eigenvalue weighted by molar-refractivity contribution is 0.0451. The van der Waals surface area contributed by atoms with Gasteiger partial charge in [-0.2, -0.15) is 0 Å². The van der Waals surface area contributed by atoms with Crippen molar-refractivity contribution in [1.82, 2.24) is 15.0 Å². The monoisotopic (exact) mass is 295 g/mol. The minimum atomic E-state index is -0.383. The topological polar surface area (TPSA) is 66.2 Å². The molecule has 2 heterocycles. The fourth-order valence-electron chi connectivity index (χ4n) is 2.41. The van der Waals surface area contributed by atoms with Gasteiger partial charge in [-0.15, -0.1) is 5.10 Å². The Hall–Kier alpha value is -1.43. The predicted molar refractivity (Wildman–Crippen MR) is 78.1 cm³/mol. The summed E-state index contributed by atoms with van der Waals surface area (Å²) in [4.78, 5) is 11.9. The summed E-state index contributed by atoms with van der Waals surface area (Å²) in [5.74, 6) is -0.0673. The number of nitrogens with zero attached hydrogens (tertiary/aromatic N) is 3. The van der Waals surface area contributed by atoms with E-state index in [9.17, 15) is 4.79 Å². The summed E-state index contributed by atoms with van der Waals surface area (Å²) in [5.41, 5.74) is 1.10. The molecular weight excluding hydrogens is 270 g/mol. The number of esters is 1. The van der Waals surface area contributed by atoms with Crippen molar-refractivity contribution in [2.24, 2.45) is 5.92 Å². The van der Waals surface area contributed by atoms with E-state index < -0.39 is 0 Å². The van der Waals surface area contributed by atoms with Gasteiger partial charge in [0.15, 0.2) is 5.69 Å². The highest BCUT2D eigenvalue weighted by molar-refractivity contribution is 5.88. The Morgan fingerprint density at radius 2 is 2.33 bits per heavy atom. The molecule has 118 valence electrons. The molecule has 0 aromatic carbocycles. The maximum absolute atomic E-state index is 11.9. The first-order chi connectivity index (χ1) is 10.1. The number of carbonyl (C=O) groups excluding carboxylic acids is 1. The maximum atomic E-state index is 11.9. The molecule has 6 heteroatoms. The van der Waals surface area contributed by atoms with Crippen LogP contribution < -0.4 is 0 Å². The standard InChI is InChI=1S/C15H25N3O3/c1-11(2)10-21-15(19)14-12(3)18(17-16-14)8-4-6-13-7-5-9-20-13/h11,13H,4-10H2,1-3H3. The SMILES string of the molecule is Cc1c(C(=O)OCC(C)C)nnn1CCCC1CCCO1. The van der Waals surface area contributed by atoms with Gasteiger partial charge in [-0.1, -0.05) is 19.1 Å². The van der Waals surface area contributed by atoms with E-state index in [1.807, 2.05) is 20.8 Å². The summed E-state index contributed by atoms with van der Waals surface area (Å²) in [6.45, 7) is 7.92. The second-order valence-electron chi connectivity index (χ2n) is 6.02. The Morgan fingerprint density at radius 3 is 3.00 bits per heavy atom. The Balaban J connectivity index is 1.82. The fourth-order valence-corrected chi connectivity index (χ4v) is 2.41. The first-order valence-electron chi connectivity index (χ1n) is 7.76. The molecule has 2 rings (SSSR count). The van der Waals surface area contributed by atoms with Gasteiger partial charge in [-0.05, 0) is 38.5 Å². The lowest BCUT2D eigenvalue weighted by Crippen LogP contribution is -2.12. The molecule has 1 aliphatic rings. The zero-order valence-corrected chi connectivity index (χ0v) is 13.2. The first kappa shape index (κ1) is 15.9. The van der Waals surface area contributed by atoms with E-state index >= 15 is 0 Å². The molecule has 0 amide bonds. The summed E-state index contributed by atoms with van der Waals surface area (Å²) >= 11 is 0. The van der Waals surface area contributed by atoms with Crippen LogP contribution in [0.15, 0.2) is 0 Å². The van der Waals surface area contributed by atoms with Crippen LogP contribution in [0.1, 0.15) is 55.7 Å². The number of hydrogen-bond acceptors (Lipinski definition) is 5. The van der Waals surface area contributed by atoms with Crippen LogP contribution in [0.2, 0.25) is 0 Å². The molecule has 0 bridgehead atoms. The van der Waals surface area contributed by atoms with Crippen molar-refractivity contribution in [3.8, 4) is 0 Å². The van der Waals surface area contributed by atoms with E-state index in [2.05, 4.69) is 10.3 Å². The molecule has 0 saturated carbocycles. The summed E-state index contributed by atoms with van der Waals surface area (Å²) in [5, 5.41) is 8.00. The molecule has 1 unspecified atom stereocenters. The lowest BCUT2D eigenvalue weighted by Gasteiger charge is -2.09. The smallest absolute Gasteiger partial charge is 0.360 e. The van der Waals surface area contributed by atoms with Gasteiger partial charge in [-0.3, -0.25) is 0 Å². The van der Waals surface area contributed by atoms with Gasteiger partial charge in [0.2, 0.25) is 0 Å². The molecular formula is C15H25N3O3. The van der Waals surface area contributed by atoms with Crippen molar-refractivity contribution in [3.05, 3.63) is 11.4 Å². The summed E-state index contributed by atoms with van der Waals surface area (Å²) in [6, 6.07) is 0. The lowest BCUT2D eigenvalue weighted by atomic mass is 10.1. The molecule has 1 saturated heterocycles. The first-order valence-corrected chi connectivity index (χ1v) is 7.76. The number of rotatable bonds is 7. The quantitative estimate of drug-likeness (QED) is 0.722. The van der Waals surface area contributed by atoms with E-state index in [0.717, 1.165) is 38.1 Å². The van der Waals surface area contributed by atoms with E-state index in [1.54, 1.807) is 4.68 Å². The number of aryl methyl sites for hydroxylation is 1. The van der Waals surface area contributed by atoms with Crippen molar-refractivity contribution in [3.63, 3.8) is 0 Å². The van der Waals surface area contributed by atoms with E-state index in [4.69, 9.17) is 9.47 Å². The van der Waals surface area contributed by atoms with Gasteiger partial charge >= 0.3 is 5.97 Å². The predicted octanol–water partition coefficient (Wildman–Crippen LogP) is 2.36. The maximum Gasteiger partial charge on any atom is 0.360 e. The van der Waals surface area contributed by atoms with Gasteiger partial charge in [-0.25, -0.2) is 9.48 Å². The molecule has 0 radical (unpaired) electrons. The molecule has 1 aliphatic heterocycles. The normalized spacial score (nSPS) is 18.4. The fraction of sp³-hybridized carbons (Fsp3) is 0.800. The third kappa shape index (κ3) is 4.52. The minimum Gasteiger partial charge on any atom is -0.461 e. The highest BCUT2D eigenvalue weighted by Crippen LogP contribution is 2.17. The van der Waals surface area contributed by atoms with Crippen LogP contribution in [0.3, 0.4) is 0 Å². The zero-order valence-electron chi connectivity index (χ0n) is 13.2.